The van der Waals surface area contributed by atoms with Crippen LogP contribution in [0.25, 0.3) is 0 Å². The minimum Gasteiger partial charge on any atom is -0.480 e. The molecule has 0 spiro atoms. The summed E-state index contributed by atoms with van der Waals surface area (Å²) in [6.07, 6.45) is 9.50. The summed E-state index contributed by atoms with van der Waals surface area (Å²) in [4.78, 5) is 23.6. The Kier molecular flexibility index (Phi) is 6.62. The predicted octanol–water partition coefficient (Wildman–Crippen LogP) is 1.41. The summed E-state index contributed by atoms with van der Waals surface area (Å²) >= 11 is 0. The summed E-state index contributed by atoms with van der Waals surface area (Å²) in [5, 5.41) is 8.88. The zero-order valence-electron chi connectivity index (χ0n) is 15.3. The second kappa shape index (κ2) is 9.14. The van der Waals surface area contributed by atoms with Gasteiger partial charge in [0.25, 0.3) is 0 Å². The quantitative estimate of drug-likeness (QED) is 0.777. The van der Waals surface area contributed by atoms with Crippen LogP contribution in [0.1, 0.15) is 32.1 Å². The molecule has 3 rings (SSSR count). The average molecular weight is 364 g/mol. The van der Waals surface area contributed by atoms with E-state index in [1.54, 1.807) is 24.3 Å². The smallest absolute Gasteiger partial charge is 0.317 e. The molecule has 0 bridgehead atoms. The van der Waals surface area contributed by atoms with Crippen LogP contribution >= 0.6 is 0 Å². The molecular weight excluding hydrogens is 336 g/mol. The first kappa shape index (κ1) is 18.8. The van der Waals surface area contributed by atoms with E-state index in [9.17, 15) is 4.79 Å². The molecule has 144 valence electrons. The molecule has 1 N–H and O–H groups in total. The molecule has 0 radical (unpaired) electrons. The molecule has 26 heavy (non-hydrogen) atoms. The lowest BCUT2D eigenvalue weighted by Gasteiger charge is -2.35. The Morgan fingerprint density at radius 2 is 2.19 bits per heavy atom. The third-order valence-corrected chi connectivity index (χ3v) is 4.82. The SMILES string of the molecule is CN(CC(=O)O)CC1CN(c2cncc(OC3CCCCC3)n2)CCO1. The molecule has 8 nitrogen and oxygen atoms in total. The van der Waals surface area contributed by atoms with E-state index in [4.69, 9.17) is 14.6 Å². The third-order valence-electron chi connectivity index (χ3n) is 4.82. The molecule has 1 saturated heterocycles. The van der Waals surface area contributed by atoms with Crippen molar-refractivity contribution in [3.05, 3.63) is 12.4 Å². The van der Waals surface area contributed by atoms with Crippen LogP contribution in [0.3, 0.4) is 0 Å². The molecule has 2 aliphatic rings. The first-order valence-corrected chi connectivity index (χ1v) is 9.36. The van der Waals surface area contributed by atoms with Gasteiger partial charge in [-0.15, -0.1) is 0 Å². The highest BCUT2D eigenvalue weighted by molar-refractivity contribution is 5.69. The Morgan fingerprint density at radius 1 is 1.38 bits per heavy atom. The van der Waals surface area contributed by atoms with Crippen molar-refractivity contribution in [3.63, 3.8) is 0 Å². The highest BCUT2D eigenvalue weighted by Crippen LogP contribution is 2.23. The number of ether oxygens (including phenoxy) is 2. The van der Waals surface area contributed by atoms with Gasteiger partial charge in [-0.25, -0.2) is 0 Å². The molecule has 1 aliphatic heterocycles. The van der Waals surface area contributed by atoms with Gasteiger partial charge in [0.05, 0.1) is 31.6 Å². The van der Waals surface area contributed by atoms with Crippen molar-refractivity contribution in [2.75, 3.05) is 44.7 Å². The third kappa shape index (κ3) is 5.54. The van der Waals surface area contributed by atoms with Crippen LogP contribution < -0.4 is 9.64 Å². The Hall–Kier alpha value is -1.93. The number of carboxylic acid groups (broad SMARTS) is 1. The fourth-order valence-electron chi connectivity index (χ4n) is 3.58. The van der Waals surface area contributed by atoms with Crippen LogP contribution in [0.4, 0.5) is 5.82 Å². The average Bonchev–Trinajstić information content (AvgIpc) is 2.62. The van der Waals surface area contributed by atoms with E-state index in [0.717, 1.165) is 25.2 Å². The van der Waals surface area contributed by atoms with Gasteiger partial charge in [-0.2, -0.15) is 4.98 Å². The molecule has 0 amide bonds. The van der Waals surface area contributed by atoms with Crippen molar-refractivity contribution in [2.45, 2.75) is 44.3 Å². The topological polar surface area (TPSA) is 88.0 Å². The molecule has 8 heteroatoms. The van der Waals surface area contributed by atoms with Crippen LogP contribution in [0.5, 0.6) is 5.88 Å². The van der Waals surface area contributed by atoms with Gasteiger partial charge in [-0.1, -0.05) is 6.42 Å². The van der Waals surface area contributed by atoms with Crippen molar-refractivity contribution in [3.8, 4) is 5.88 Å². The number of hydrogen-bond donors (Lipinski definition) is 1. The van der Waals surface area contributed by atoms with Gasteiger partial charge in [0.15, 0.2) is 5.82 Å². The zero-order valence-corrected chi connectivity index (χ0v) is 15.3. The van der Waals surface area contributed by atoms with Gasteiger partial charge in [0, 0.05) is 19.6 Å². The number of aromatic nitrogens is 2. The number of nitrogens with zero attached hydrogens (tertiary/aromatic N) is 4. The van der Waals surface area contributed by atoms with E-state index < -0.39 is 5.97 Å². The van der Waals surface area contributed by atoms with Crippen molar-refractivity contribution >= 4 is 11.8 Å². The zero-order chi connectivity index (χ0) is 18.4. The molecule has 2 fully saturated rings. The first-order chi connectivity index (χ1) is 12.6. The monoisotopic (exact) mass is 364 g/mol. The number of rotatable bonds is 7. The molecule has 1 aliphatic carbocycles. The van der Waals surface area contributed by atoms with E-state index in [2.05, 4.69) is 14.9 Å². The minimum atomic E-state index is -0.835. The molecule has 0 aromatic carbocycles. The number of carbonyl (C=O) groups is 1. The van der Waals surface area contributed by atoms with E-state index in [-0.39, 0.29) is 18.8 Å². The fourth-order valence-corrected chi connectivity index (χ4v) is 3.58. The van der Waals surface area contributed by atoms with E-state index in [0.29, 0.717) is 25.6 Å². The number of morpholine rings is 1. The maximum absolute atomic E-state index is 10.8. The van der Waals surface area contributed by atoms with Gasteiger partial charge in [-0.3, -0.25) is 14.7 Å². The molecule has 1 saturated carbocycles. The normalized spacial score (nSPS) is 21.8. The largest absolute Gasteiger partial charge is 0.480 e. The second-order valence-corrected chi connectivity index (χ2v) is 7.12. The van der Waals surface area contributed by atoms with Crippen molar-refractivity contribution in [2.24, 2.45) is 0 Å². The van der Waals surface area contributed by atoms with Gasteiger partial charge in [0.2, 0.25) is 5.88 Å². The highest BCUT2D eigenvalue weighted by Gasteiger charge is 2.24. The molecular formula is C18H28N4O4. The number of likely N-dealkylation sites (N-methyl/N-ethyl adjacent to an activating group) is 1. The molecule has 1 atom stereocenters. The van der Waals surface area contributed by atoms with Crippen molar-refractivity contribution in [1.82, 2.24) is 14.9 Å². The van der Waals surface area contributed by atoms with Gasteiger partial charge >= 0.3 is 5.97 Å². The summed E-state index contributed by atoms with van der Waals surface area (Å²) in [6.45, 7) is 2.55. The van der Waals surface area contributed by atoms with E-state index in [1.165, 1.54) is 19.3 Å². The first-order valence-electron chi connectivity index (χ1n) is 9.36. The van der Waals surface area contributed by atoms with Gasteiger partial charge in [-0.05, 0) is 32.7 Å². The Morgan fingerprint density at radius 3 is 2.96 bits per heavy atom. The fraction of sp³-hybridized carbons (Fsp3) is 0.722. The number of aliphatic carboxylic acids is 1. The summed E-state index contributed by atoms with van der Waals surface area (Å²) in [5.41, 5.74) is 0. The van der Waals surface area contributed by atoms with Crippen molar-refractivity contribution < 1.29 is 19.4 Å². The maximum atomic E-state index is 10.8. The van der Waals surface area contributed by atoms with Gasteiger partial charge in [0.1, 0.15) is 6.10 Å². The van der Waals surface area contributed by atoms with Crippen LogP contribution in [0, 0.1) is 0 Å². The van der Waals surface area contributed by atoms with Crippen LogP contribution in [-0.2, 0) is 9.53 Å². The van der Waals surface area contributed by atoms with Crippen LogP contribution in [0.15, 0.2) is 12.4 Å². The summed E-state index contributed by atoms with van der Waals surface area (Å²) in [7, 11) is 1.79. The Labute approximate surface area is 154 Å². The number of carboxylic acids is 1. The van der Waals surface area contributed by atoms with E-state index in [1.807, 2.05) is 0 Å². The van der Waals surface area contributed by atoms with Crippen LogP contribution in [0.2, 0.25) is 0 Å². The highest BCUT2D eigenvalue weighted by atomic mass is 16.5. The van der Waals surface area contributed by atoms with Crippen LogP contribution in [-0.4, -0.2) is 78.0 Å². The lowest BCUT2D eigenvalue weighted by molar-refractivity contribution is -0.138. The summed E-state index contributed by atoms with van der Waals surface area (Å²) in [6, 6.07) is 0. The van der Waals surface area contributed by atoms with Gasteiger partial charge < -0.3 is 19.5 Å². The number of anilines is 1. The lowest BCUT2D eigenvalue weighted by Crippen LogP contribution is -2.48. The molecule has 1 unspecified atom stereocenters. The molecule has 1 aromatic heterocycles. The maximum Gasteiger partial charge on any atom is 0.317 e. The molecule has 2 heterocycles. The second-order valence-electron chi connectivity index (χ2n) is 7.12. The van der Waals surface area contributed by atoms with Crippen molar-refractivity contribution in [1.29, 1.82) is 0 Å². The summed E-state index contributed by atoms with van der Waals surface area (Å²) in [5.74, 6) is 0.534. The number of hydrogen-bond acceptors (Lipinski definition) is 7. The lowest BCUT2D eigenvalue weighted by atomic mass is 9.98. The Bertz CT molecular complexity index is 594. The molecule has 1 aromatic rings. The minimum absolute atomic E-state index is 0.00434. The Balaban J connectivity index is 1.57. The predicted molar refractivity (Wildman–Crippen MR) is 96.6 cm³/mol. The van der Waals surface area contributed by atoms with E-state index >= 15 is 0 Å². The standard InChI is InChI=1S/C18H28N4O4/c1-21(13-18(23)24)11-15-12-22(7-8-25-15)16-9-19-10-17(20-16)26-14-5-3-2-4-6-14/h9-10,14-15H,2-8,11-13H2,1H3,(H,23,24). The summed E-state index contributed by atoms with van der Waals surface area (Å²) < 4.78 is 11.8.